The van der Waals surface area contributed by atoms with E-state index in [4.69, 9.17) is 15.7 Å². The number of hydrogen-bond acceptors (Lipinski definition) is 3. The van der Waals surface area contributed by atoms with Gasteiger partial charge >= 0.3 is 0 Å². The van der Waals surface area contributed by atoms with Crippen molar-refractivity contribution in [1.29, 1.82) is 0 Å². The minimum Gasteiger partial charge on any atom is -0.409 e. The lowest BCUT2D eigenvalue weighted by Crippen LogP contribution is -2.21. The Bertz CT molecular complexity index is 200. The van der Waals surface area contributed by atoms with E-state index in [9.17, 15) is 0 Å². The molecule has 0 spiro atoms. The summed E-state index contributed by atoms with van der Waals surface area (Å²) in [7, 11) is 0. The molecule has 0 bridgehead atoms. The number of ether oxygens (including phenoxy) is 1. The van der Waals surface area contributed by atoms with Crippen molar-refractivity contribution >= 4 is 5.84 Å². The Morgan fingerprint density at radius 2 is 2.29 bits per heavy atom. The first-order valence-corrected chi connectivity index (χ1v) is 5.26. The van der Waals surface area contributed by atoms with Crippen LogP contribution in [0.5, 0.6) is 0 Å². The van der Waals surface area contributed by atoms with Crippen molar-refractivity contribution in [3.63, 3.8) is 0 Å². The third-order valence-electron chi connectivity index (χ3n) is 2.69. The van der Waals surface area contributed by atoms with Crippen molar-refractivity contribution in [2.45, 2.75) is 39.0 Å². The van der Waals surface area contributed by atoms with E-state index in [-0.39, 0.29) is 5.41 Å². The quantitative estimate of drug-likeness (QED) is 0.216. The fraction of sp³-hybridized carbons (Fsp3) is 0.900. The molecule has 0 unspecified atom stereocenters. The maximum absolute atomic E-state index is 8.46. The van der Waals surface area contributed by atoms with Gasteiger partial charge in [0.1, 0.15) is 5.84 Å². The third kappa shape index (κ3) is 3.54. The number of amidine groups is 1. The Kier molecular flexibility index (Phi) is 4.20. The highest BCUT2D eigenvalue weighted by Gasteiger charge is 2.43. The first kappa shape index (κ1) is 11.3. The van der Waals surface area contributed by atoms with Gasteiger partial charge in [-0.25, -0.2) is 0 Å². The summed E-state index contributed by atoms with van der Waals surface area (Å²) in [5, 5.41) is 11.5. The molecule has 4 heteroatoms. The molecule has 4 nitrogen and oxygen atoms in total. The van der Waals surface area contributed by atoms with Crippen molar-refractivity contribution in [3.05, 3.63) is 0 Å². The van der Waals surface area contributed by atoms with Crippen molar-refractivity contribution < 1.29 is 9.94 Å². The molecule has 1 rings (SSSR count). The van der Waals surface area contributed by atoms with Crippen LogP contribution < -0.4 is 5.73 Å². The van der Waals surface area contributed by atoms with E-state index in [1.165, 1.54) is 0 Å². The zero-order valence-corrected chi connectivity index (χ0v) is 8.83. The molecule has 0 aliphatic heterocycles. The Balaban J connectivity index is 2.16. The Labute approximate surface area is 85.1 Å². The van der Waals surface area contributed by atoms with Crippen LogP contribution in [0.4, 0.5) is 0 Å². The summed E-state index contributed by atoms with van der Waals surface area (Å²) in [6.45, 7) is 3.73. The summed E-state index contributed by atoms with van der Waals surface area (Å²) in [6.07, 6.45) is 5.20. The normalized spacial score (nSPS) is 19.6. The van der Waals surface area contributed by atoms with Crippen molar-refractivity contribution in [2.24, 2.45) is 16.3 Å². The van der Waals surface area contributed by atoms with E-state index in [2.05, 4.69) is 12.1 Å². The van der Waals surface area contributed by atoms with Gasteiger partial charge in [-0.1, -0.05) is 18.5 Å². The lowest BCUT2D eigenvalue weighted by atomic mass is 10.0. The highest BCUT2D eigenvalue weighted by molar-refractivity contribution is 5.80. The average Bonchev–Trinajstić information content (AvgIpc) is 2.93. The maximum Gasteiger partial charge on any atom is 0.139 e. The molecule has 0 radical (unpaired) electrons. The Morgan fingerprint density at radius 1 is 1.57 bits per heavy atom. The molecule has 0 saturated heterocycles. The smallest absolute Gasteiger partial charge is 0.139 e. The zero-order chi connectivity index (χ0) is 10.4. The molecule has 1 aliphatic rings. The summed E-state index contributed by atoms with van der Waals surface area (Å²) in [5.41, 5.74) is 5.66. The fourth-order valence-electron chi connectivity index (χ4n) is 1.50. The first-order chi connectivity index (χ1) is 6.72. The van der Waals surface area contributed by atoms with E-state index >= 15 is 0 Å². The van der Waals surface area contributed by atoms with Gasteiger partial charge in [0, 0.05) is 18.4 Å². The van der Waals surface area contributed by atoms with Gasteiger partial charge in [-0.05, 0) is 19.3 Å². The molecular formula is C10H20N2O2. The van der Waals surface area contributed by atoms with Crippen LogP contribution >= 0.6 is 0 Å². The fourth-order valence-corrected chi connectivity index (χ4v) is 1.50. The molecule has 0 amide bonds. The minimum atomic E-state index is 0.185. The van der Waals surface area contributed by atoms with Crippen LogP contribution in [0.2, 0.25) is 0 Å². The van der Waals surface area contributed by atoms with Gasteiger partial charge in [-0.15, -0.1) is 0 Å². The average molecular weight is 200 g/mol. The number of rotatable bonds is 7. The van der Waals surface area contributed by atoms with Gasteiger partial charge in [0.15, 0.2) is 0 Å². The summed E-state index contributed by atoms with van der Waals surface area (Å²) in [4.78, 5) is 0. The highest BCUT2D eigenvalue weighted by Crippen LogP contribution is 2.48. The largest absolute Gasteiger partial charge is 0.409 e. The second kappa shape index (κ2) is 5.20. The SMILES string of the molecule is CCCCOCC1(CC(N)=NO)CC1. The van der Waals surface area contributed by atoms with Gasteiger partial charge < -0.3 is 15.7 Å². The van der Waals surface area contributed by atoms with E-state index in [1.54, 1.807) is 0 Å². The van der Waals surface area contributed by atoms with Gasteiger partial charge in [0.2, 0.25) is 0 Å². The van der Waals surface area contributed by atoms with E-state index < -0.39 is 0 Å². The molecular weight excluding hydrogens is 180 g/mol. The van der Waals surface area contributed by atoms with Crippen molar-refractivity contribution in [1.82, 2.24) is 0 Å². The minimum absolute atomic E-state index is 0.185. The van der Waals surface area contributed by atoms with Crippen LogP contribution in [0.3, 0.4) is 0 Å². The topological polar surface area (TPSA) is 67.8 Å². The summed E-state index contributed by atoms with van der Waals surface area (Å²) in [6, 6.07) is 0. The highest BCUT2D eigenvalue weighted by atomic mass is 16.5. The Hall–Kier alpha value is -0.770. The summed E-state index contributed by atoms with van der Waals surface area (Å²) >= 11 is 0. The van der Waals surface area contributed by atoms with Gasteiger partial charge in [0.05, 0.1) is 6.61 Å². The molecule has 0 aromatic rings. The van der Waals surface area contributed by atoms with E-state index in [0.717, 1.165) is 38.9 Å². The first-order valence-electron chi connectivity index (χ1n) is 5.26. The lowest BCUT2D eigenvalue weighted by molar-refractivity contribution is 0.0900. The Morgan fingerprint density at radius 3 is 2.79 bits per heavy atom. The van der Waals surface area contributed by atoms with Crippen molar-refractivity contribution in [3.8, 4) is 0 Å². The molecule has 14 heavy (non-hydrogen) atoms. The van der Waals surface area contributed by atoms with Crippen LogP contribution in [0, 0.1) is 5.41 Å². The van der Waals surface area contributed by atoms with Crippen LogP contribution in [-0.2, 0) is 4.74 Å². The van der Waals surface area contributed by atoms with Crippen LogP contribution in [0.1, 0.15) is 39.0 Å². The maximum atomic E-state index is 8.46. The molecule has 0 heterocycles. The summed E-state index contributed by atoms with van der Waals surface area (Å²) < 4.78 is 5.55. The van der Waals surface area contributed by atoms with Gasteiger partial charge in [-0.2, -0.15) is 0 Å². The molecule has 1 aliphatic carbocycles. The second-order valence-corrected chi connectivity index (χ2v) is 4.17. The van der Waals surface area contributed by atoms with E-state index in [0.29, 0.717) is 12.3 Å². The predicted molar refractivity (Wildman–Crippen MR) is 55.4 cm³/mol. The number of unbranched alkanes of at least 4 members (excludes halogenated alkanes) is 1. The molecule has 0 aromatic carbocycles. The molecule has 0 aromatic heterocycles. The number of nitrogens with two attached hydrogens (primary N) is 1. The van der Waals surface area contributed by atoms with Gasteiger partial charge in [-0.3, -0.25) is 0 Å². The van der Waals surface area contributed by atoms with Gasteiger partial charge in [0.25, 0.3) is 0 Å². The zero-order valence-electron chi connectivity index (χ0n) is 8.83. The number of hydrogen-bond donors (Lipinski definition) is 2. The summed E-state index contributed by atoms with van der Waals surface area (Å²) in [5.74, 6) is 0.321. The third-order valence-corrected chi connectivity index (χ3v) is 2.69. The van der Waals surface area contributed by atoms with E-state index in [1.807, 2.05) is 0 Å². The van der Waals surface area contributed by atoms with Crippen LogP contribution in [0.15, 0.2) is 5.16 Å². The molecule has 3 N–H and O–H groups in total. The monoisotopic (exact) mass is 200 g/mol. The molecule has 1 saturated carbocycles. The molecule has 1 fully saturated rings. The predicted octanol–water partition coefficient (Wildman–Crippen LogP) is 1.72. The van der Waals surface area contributed by atoms with Crippen LogP contribution in [0.25, 0.3) is 0 Å². The molecule has 0 atom stereocenters. The van der Waals surface area contributed by atoms with Crippen molar-refractivity contribution in [2.75, 3.05) is 13.2 Å². The number of oxime groups is 1. The second-order valence-electron chi connectivity index (χ2n) is 4.17. The standard InChI is InChI=1S/C10H20N2O2/c1-2-3-6-14-8-10(4-5-10)7-9(11)12-13/h13H,2-8H2,1H3,(H2,11,12). The molecule has 82 valence electrons. The lowest BCUT2D eigenvalue weighted by Gasteiger charge is -2.13. The number of nitrogens with zero attached hydrogens (tertiary/aromatic N) is 1. The van der Waals surface area contributed by atoms with Crippen LogP contribution in [-0.4, -0.2) is 24.3 Å².